The van der Waals surface area contributed by atoms with Crippen molar-refractivity contribution in [2.45, 2.75) is 65.2 Å². The molecule has 2 nitrogen and oxygen atoms in total. The molecule has 0 amide bonds. The first kappa shape index (κ1) is 16.9. The number of benzene rings is 1. The Hall–Kier alpha value is -1.18. The first-order chi connectivity index (χ1) is 9.86. The third-order valence-corrected chi connectivity index (χ3v) is 3.44. The van der Waals surface area contributed by atoms with Crippen LogP contribution in [-0.2, 0) is 0 Å². The van der Waals surface area contributed by atoms with E-state index in [2.05, 4.69) is 31.3 Å². The Morgan fingerprint density at radius 1 is 0.800 bits per heavy atom. The van der Waals surface area contributed by atoms with E-state index in [9.17, 15) is 0 Å². The maximum Gasteiger partial charge on any atom is 0.119 e. The zero-order chi connectivity index (χ0) is 14.5. The lowest BCUT2D eigenvalue weighted by atomic mass is 10.1. The molecule has 1 rings (SSSR count). The van der Waals surface area contributed by atoms with E-state index in [0.29, 0.717) is 0 Å². The van der Waals surface area contributed by atoms with Gasteiger partial charge >= 0.3 is 0 Å². The summed E-state index contributed by atoms with van der Waals surface area (Å²) in [6.45, 7) is 6.26. The van der Waals surface area contributed by atoms with Gasteiger partial charge in [-0.1, -0.05) is 52.4 Å². The fourth-order valence-electron chi connectivity index (χ4n) is 2.20. The van der Waals surface area contributed by atoms with Gasteiger partial charge in [-0.05, 0) is 37.1 Å². The van der Waals surface area contributed by atoms with Gasteiger partial charge in [0.25, 0.3) is 0 Å². The van der Waals surface area contributed by atoms with Gasteiger partial charge in [0.15, 0.2) is 0 Å². The van der Waals surface area contributed by atoms with E-state index in [1.165, 1.54) is 50.6 Å². The van der Waals surface area contributed by atoms with Crippen LogP contribution in [0.5, 0.6) is 5.75 Å². The molecular weight excluding hydrogens is 246 g/mol. The summed E-state index contributed by atoms with van der Waals surface area (Å²) in [5.41, 5.74) is 1.19. The lowest BCUT2D eigenvalue weighted by Crippen LogP contribution is -2.01. The average Bonchev–Trinajstić information content (AvgIpc) is 2.49. The van der Waals surface area contributed by atoms with Gasteiger partial charge in [-0.3, -0.25) is 0 Å². The molecule has 0 spiro atoms. The summed E-state index contributed by atoms with van der Waals surface area (Å²) < 4.78 is 5.57. The summed E-state index contributed by atoms with van der Waals surface area (Å²) in [5.74, 6) is 0.966. The quantitative estimate of drug-likeness (QED) is 0.499. The first-order valence-electron chi connectivity index (χ1n) is 8.33. The maximum atomic E-state index is 5.57. The normalized spacial score (nSPS) is 10.5. The van der Waals surface area contributed by atoms with Crippen molar-refractivity contribution >= 4 is 5.69 Å². The Morgan fingerprint density at radius 2 is 1.45 bits per heavy atom. The van der Waals surface area contributed by atoms with E-state index in [-0.39, 0.29) is 0 Å². The van der Waals surface area contributed by atoms with Crippen molar-refractivity contribution in [2.24, 2.45) is 0 Å². The molecule has 1 aromatic rings. The molecule has 0 saturated carbocycles. The van der Waals surface area contributed by atoms with Crippen LogP contribution in [0.1, 0.15) is 65.2 Å². The van der Waals surface area contributed by atoms with E-state index < -0.39 is 0 Å². The number of hydrogen-bond donors (Lipinski definition) is 1. The predicted octanol–water partition coefficient (Wildman–Crippen LogP) is 5.64. The largest absolute Gasteiger partial charge is 0.494 e. The molecule has 0 aliphatic rings. The number of unbranched alkanes of at least 4 members (excludes halogenated alkanes) is 6. The zero-order valence-corrected chi connectivity index (χ0v) is 13.3. The van der Waals surface area contributed by atoms with E-state index in [1.807, 2.05) is 12.1 Å². The summed E-state index contributed by atoms with van der Waals surface area (Å²) in [6, 6.07) is 8.30. The Kier molecular flexibility index (Phi) is 9.81. The van der Waals surface area contributed by atoms with Crippen LogP contribution in [0.4, 0.5) is 5.69 Å². The molecule has 0 fully saturated rings. The Labute approximate surface area is 124 Å². The monoisotopic (exact) mass is 277 g/mol. The van der Waals surface area contributed by atoms with Crippen LogP contribution in [0.25, 0.3) is 0 Å². The van der Waals surface area contributed by atoms with Crippen molar-refractivity contribution in [3.8, 4) is 5.75 Å². The number of hydrogen-bond acceptors (Lipinski definition) is 2. The van der Waals surface area contributed by atoms with Gasteiger partial charge in [-0.15, -0.1) is 0 Å². The fourth-order valence-corrected chi connectivity index (χ4v) is 2.20. The summed E-state index contributed by atoms with van der Waals surface area (Å²) in [7, 11) is 0. The Balaban J connectivity index is 2.04. The molecular formula is C18H31NO. The van der Waals surface area contributed by atoms with Gasteiger partial charge in [-0.2, -0.15) is 0 Å². The van der Waals surface area contributed by atoms with E-state index in [4.69, 9.17) is 4.74 Å². The number of ether oxygens (including phenoxy) is 1. The predicted molar refractivity (Wildman–Crippen MR) is 88.7 cm³/mol. The smallest absolute Gasteiger partial charge is 0.119 e. The molecule has 2 heteroatoms. The summed E-state index contributed by atoms with van der Waals surface area (Å²) >= 11 is 0. The Bertz CT molecular complexity index is 321. The number of nitrogens with one attached hydrogen (secondary N) is 1. The molecule has 1 aromatic carbocycles. The standard InChI is InChI=1S/C18H31NO/c1-3-5-6-7-8-9-10-15-19-17-11-13-18(14-12-17)20-16-4-2/h11-14,19H,3-10,15-16H2,1-2H3. The van der Waals surface area contributed by atoms with E-state index in [1.54, 1.807) is 0 Å². The van der Waals surface area contributed by atoms with Crippen LogP contribution >= 0.6 is 0 Å². The van der Waals surface area contributed by atoms with Crippen LogP contribution in [0, 0.1) is 0 Å². The molecule has 0 aliphatic heterocycles. The molecule has 0 heterocycles. The summed E-state index contributed by atoms with van der Waals surface area (Å²) in [6.07, 6.45) is 10.6. The molecule has 1 N–H and O–H groups in total. The van der Waals surface area contributed by atoms with Crippen molar-refractivity contribution in [2.75, 3.05) is 18.5 Å². The third kappa shape index (κ3) is 8.08. The Morgan fingerprint density at radius 3 is 2.10 bits per heavy atom. The first-order valence-corrected chi connectivity index (χ1v) is 8.33. The number of rotatable bonds is 12. The topological polar surface area (TPSA) is 21.3 Å². The lowest BCUT2D eigenvalue weighted by Gasteiger charge is -2.08. The van der Waals surface area contributed by atoms with E-state index in [0.717, 1.165) is 25.3 Å². The average molecular weight is 277 g/mol. The van der Waals surface area contributed by atoms with Gasteiger partial charge in [0.2, 0.25) is 0 Å². The third-order valence-electron chi connectivity index (χ3n) is 3.44. The molecule has 0 aromatic heterocycles. The van der Waals surface area contributed by atoms with Crippen molar-refractivity contribution in [3.63, 3.8) is 0 Å². The van der Waals surface area contributed by atoms with Crippen LogP contribution in [0.15, 0.2) is 24.3 Å². The lowest BCUT2D eigenvalue weighted by molar-refractivity contribution is 0.317. The van der Waals surface area contributed by atoms with Crippen LogP contribution in [0.3, 0.4) is 0 Å². The molecule has 0 saturated heterocycles. The minimum atomic E-state index is 0.796. The molecule has 0 atom stereocenters. The molecule has 0 aliphatic carbocycles. The minimum absolute atomic E-state index is 0.796. The highest BCUT2D eigenvalue weighted by molar-refractivity contribution is 5.46. The van der Waals surface area contributed by atoms with Crippen molar-refractivity contribution in [1.82, 2.24) is 0 Å². The molecule has 0 bridgehead atoms. The second kappa shape index (κ2) is 11.6. The second-order valence-corrected chi connectivity index (χ2v) is 5.42. The molecule has 114 valence electrons. The molecule has 0 unspecified atom stereocenters. The maximum absolute atomic E-state index is 5.57. The van der Waals surface area contributed by atoms with Gasteiger partial charge < -0.3 is 10.1 Å². The molecule has 0 radical (unpaired) electrons. The highest BCUT2D eigenvalue weighted by Crippen LogP contribution is 2.16. The fraction of sp³-hybridized carbons (Fsp3) is 0.667. The van der Waals surface area contributed by atoms with Gasteiger partial charge in [-0.25, -0.2) is 0 Å². The minimum Gasteiger partial charge on any atom is -0.494 e. The highest BCUT2D eigenvalue weighted by Gasteiger charge is 1.95. The van der Waals surface area contributed by atoms with Gasteiger partial charge in [0.1, 0.15) is 5.75 Å². The SMILES string of the molecule is CCCCCCCCCNc1ccc(OCCC)cc1. The van der Waals surface area contributed by atoms with Crippen molar-refractivity contribution in [3.05, 3.63) is 24.3 Å². The summed E-state index contributed by atoms with van der Waals surface area (Å²) in [4.78, 5) is 0. The van der Waals surface area contributed by atoms with Crippen molar-refractivity contribution < 1.29 is 4.74 Å². The molecule has 20 heavy (non-hydrogen) atoms. The highest BCUT2D eigenvalue weighted by atomic mass is 16.5. The van der Waals surface area contributed by atoms with E-state index >= 15 is 0 Å². The van der Waals surface area contributed by atoms with Gasteiger partial charge in [0.05, 0.1) is 6.61 Å². The second-order valence-electron chi connectivity index (χ2n) is 5.42. The van der Waals surface area contributed by atoms with Gasteiger partial charge in [0, 0.05) is 12.2 Å². The van der Waals surface area contributed by atoms with Crippen molar-refractivity contribution in [1.29, 1.82) is 0 Å². The summed E-state index contributed by atoms with van der Waals surface area (Å²) in [5, 5.41) is 3.47. The van der Waals surface area contributed by atoms with Crippen LogP contribution in [-0.4, -0.2) is 13.2 Å². The number of anilines is 1. The van der Waals surface area contributed by atoms with Crippen LogP contribution < -0.4 is 10.1 Å². The van der Waals surface area contributed by atoms with Crippen LogP contribution in [0.2, 0.25) is 0 Å². The zero-order valence-electron chi connectivity index (χ0n) is 13.3.